The van der Waals surface area contributed by atoms with E-state index in [1.165, 1.54) is 4.90 Å². The van der Waals surface area contributed by atoms with Crippen molar-refractivity contribution in [2.75, 3.05) is 20.7 Å². The molecule has 1 N–H and O–H groups in total. The molecule has 0 aliphatic carbocycles. The zero-order chi connectivity index (χ0) is 14.3. The largest absolute Gasteiger partial charge is 0.464 e. The van der Waals surface area contributed by atoms with Gasteiger partial charge in [0.2, 0.25) is 5.91 Å². The average Bonchev–Trinajstić information content (AvgIpc) is 2.27. The molecule has 0 saturated heterocycles. The van der Waals surface area contributed by atoms with Gasteiger partial charge >= 0.3 is 5.97 Å². The lowest BCUT2D eigenvalue weighted by Gasteiger charge is -2.25. The summed E-state index contributed by atoms with van der Waals surface area (Å²) < 4.78 is 4.76. The summed E-state index contributed by atoms with van der Waals surface area (Å²) in [6.45, 7) is 5.34. The minimum Gasteiger partial charge on any atom is -0.464 e. The first-order valence-electron chi connectivity index (χ1n) is 5.95. The van der Waals surface area contributed by atoms with E-state index in [0.717, 1.165) is 0 Å². The summed E-state index contributed by atoms with van der Waals surface area (Å²) in [4.78, 5) is 24.3. The summed E-state index contributed by atoms with van der Waals surface area (Å²) in [7, 11) is 3.35. The maximum atomic E-state index is 11.4. The summed E-state index contributed by atoms with van der Waals surface area (Å²) in [5.74, 6) is -0.682. The van der Waals surface area contributed by atoms with Crippen LogP contribution in [0.4, 0.5) is 0 Å². The van der Waals surface area contributed by atoms with E-state index in [9.17, 15) is 14.7 Å². The quantitative estimate of drug-likeness (QED) is 0.569. The maximum absolute atomic E-state index is 11.4. The highest BCUT2D eigenvalue weighted by molar-refractivity contribution is 5.77. The average molecular weight is 257 g/mol. The van der Waals surface area contributed by atoms with Crippen molar-refractivity contribution in [2.24, 2.45) is 5.41 Å². The fourth-order valence-corrected chi connectivity index (χ4v) is 1.26. The second kappa shape index (κ2) is 7.16. The number of aliphatic hydroxyl groups is 1. The zero-order valence-corrected chi connectivity index (χ0v) is 11.8. The number of carbonyl (C=O) groups excluding carboxylic acids is 2. The van der Waals surface area contributed by atoms with E-state index in [1.54, 1.807) is 47.0 Å². The minimum absolute atomic E-state index is 0.0346. The first kappa shape index (κ1) is 16.6. The minimum atomic E-state index is -1.23. The molecule has 1 amide bonds. The predicted molar refractivity (Wildman–Crippen MR) is 68.9 cm³/mol. The number of rotatable bonds is 6. The van der Waals surface area contributed by atoms with Gasteiger partial charge in [-0.25, -0.2) is 4.79 Å². The number of esters is 1. The Kier molecular flexibility index (Phi) is 6.62. The van der Waals surface area contributed by atoms with E-state index in [0.29, 0.717) is 0 Å². The molecule has 0 saturated carbocycles. The topological polar surface area (TPSA) is 66.8 Å². The highest BCUT2D eigenvalue weighted by Gasteiger charge is 2.32. The third kappa shape index (κ3) is 5.31. The van der Waals surface area contributed by atoms with Crippen molar-refractivity contribution in [1.29, 1.82) is 0 Å². The van der Waals surface area contributed by atoms with Gasteiger partial charge in [-0.3, -0.25) is 4.79 Å². The van der Waals surface area contributed by atoms with Crippen LogP contribution in [0.25, 0.3) is 0 Å². The van der Waals surface area contributed by atoms with Crippen LogP contribution in [0.2, 0.25) is 0 Å². The van der Waals surface area contributed by atoms with Gasteiger partial charge in [-0.1, -0.05) is 26.0 Å². The first-order chi connectivity index (χ1) is 8.22. The lowest BCUT2D eigenvalue weighted by molar-refractivity contribution is -0.157. The van der Waals surface area contributed by atoms with Gasteiger partial charge in [0, 0.05) is 25.9 Å². The van der Waals surface area contributed by atoms with Crippen LogP contribution < -0.4 is 0 Å². The summed E-state index contributed by atoms with van der Waals surface area (Å²) in [6.07, 6.45) is 2.33. The molecule has 0 spiro atoms. The van der Waals surface area contributed by atoms with Gasteiger partial charge < -0.3 is 14.7 Å². The van der Waals surface area contributed by atoms with E-state index in [4.69, 9.17) is 4.74 Å². The van der Waals surface area contributed by atoms with Crippen LogP contribution in [0.1, 0.15) is 27.2 Å². The molecule has 0 aromatic carbocycles. The molecular weight excluding hydrogens is 234 g/mol. The van der Waals surface area contributed by atoms with Crippen LogP contribution in [0, 0.1) is 5.41 Å². The molecule has 0 rings (SSSR count). The third-order valence-electron chi connectivity index (χ3n) is 2.55. The molecule has 5 nitrogen and oxygen atoms in total. The molecule has 0 radical (unpaired) electrons. The number of hydrogen-bond donors (Lipinski definition) is 1. The van der Waals surface area contributed by atoms with Crippen molar-refractivity contribution in [3.63, 3.8) is 0 Å². The Bertz CT molecular complexity index is 321. The number of nitrogens with zero attached hydrogens (tertiary/aromatic N) is 1. The van der Waals surface area contributed by atoms with Gasteiger partial charge in [-0.05, 0) is 6.92 Å². The number of aliphatic hydroxyl groups excluding tert-OH is 1. The Balaban J connectivity index is 4.50. The monoisotopic (exact) mass is 257 g/mol. The van der Waals surface area contributed by atoms with E-state index in [1.807, 2.05) is 0 Å². The van der Waals surface area contributed by atoms with Crippen molar-refractivity contribution < 1.29 is 19.4 Å². The van der Waals surface area contributed by atoms with Crippen molar-refractivity contribution in [1.82, 2.24) is 4.90 Å². The number of hydrogen-bond acceptors (Lipinski definition) is 4. The summed E-state index contributed by atoms with van der Waals surface area (Å²) in [6, 6.07) is 0. The van der Waals surface area contributed by atoms with Crippen molar-refractivity contribution >= 4 is 11.9 Å². The molecule has 0 unspecified atom stereocenters. The lowest BCUT2D eigenvalue weighted by atomic mass is 9.86. The van der Waals surface area contributed by atoms with Gasteiger partial charge in [0.15, 0.2) is 6.10 Å². The van der Waals surface area contributed by atoms with Crippen LogP contribution in [0.5, 0.6) is 0 Å². The van der Waals surface area contributed by atoms with E-state index in [2.05, 4.69) is 0 Å². The predicted octanol–water partition coefficient (Wildman–Crippen LogP) is 0.971. The van der Waals surface area contributed by atoms with E-state index < -0.39 is 17.5 Å². The highest BCUT2D eigenvalue weighted by Crippen LogP contribution is 2.23. The Morgan fingerprint density at radius 1 is 1.39 bits per heavy atom. The zero-order valence-electron chi connectivity index (χ0n) is 11.8. The lowest BCUT2D eigenvalue weighted by Crippen LogP contribution is -2.36. The van der Waals surface area contributed by atoms with Crippen molar-refractivity contribution in [3.8, 4) is 0 Å². The van der Waals surface area contributed by atoms with Crippen LogP contribution in [0.15, 0.2) is 12.2 Å². The number of amides is 1. The highest BCUT2D eigenvalue weighted by atomic mass is 16.5. The molecule has 0 heterocycles. The molecule has 0 aliphatic heterocycles. The molecule has 0 fully saturated rings. The molecule has 18 heavy (non-hydrogen) atoms. The molecule has 0 aromatic rings. The number of ether oxygens (including phenoxy) is 1. The van der Waals surface area contributed by atoms with Gasteiger partial charge in [-0.15, -0.1) is 0 Å². The fraction of sp³-hybridized carbons (Fsp3) is 0.692. The van der Waals surface area contributed by atoms with Gasteiger partial charge in [-0.2, -0.15) is 0 Å². The molecule has 5 heteroatoms. The van der Waals surface area contributed by atoms with Gasteiger partial charge in [0.05, 0.1) is 6.61 Å². The van der Waals surface area contributed by atoms with Crippen LogP contribution in [-0.2, 0) is 14.3 Å². The summed E-state index contributed by atoms with van der Waals surface area (Å²) in [5, 5.41) is 9.83. The Morgan fingerprint density at radius 2 is 1.94 bits per heavy atom. The summed E-state index contributed by atoms with van der Waals surface area (Å²) in [5.41, 5.74) is -0.765. The van der Waals surface area contributed by atoms with Gasteiger partial charge in [0.25, 0.3) is 0 Å². The first-order valence-corrected chi connectivity index (χ1v) is 5.95. The molecule has 104 valence electrons. The second-order valence-electron chi connectivity index (χ2n) is 4.87. The summed E-state index contributed by atoms with van der Waals surface area (Å²) >= 11 is 0. The normalized spacial score (nSPS) is 13.4. The molecule has 0 aromatic heterocycles. The Labute approximate surface area is 108 Å². The van der Waals surface area contributed by atoms with Crippen molar-refractivity contribution in [2.45, 2.75) is 33.3 Å². The van der Waals surface area contributed by atoms with Crippen LogP contribution in [-0.4, -0.2) is 48.7 Å². The van der Waals surface area contributed by atoms with Crippen LogP contribution in [0.3, 0.4) is 0 Å². The standard InChI is InChI=1S/C13H23NO4/c1-6-18-12(17)11(16)13(2,3)9-7-8-10(15)14(4)5/h7,9,11,16H,6,8H2,1-5H3/b9-7+/t11-/m1/s1. The fourth-order valence-electron chi connectivity index (χ4n) is 1.26. The van der Waals surface area contributed by atoms with E-state index >= 15 is 0 Å². The molecule has 0 aliphatic rings. The Hall–Kier alpha value is -1.36. The maximum Gasteiger partial charge on any atom is 0.335 e. The second-order valence-corrected chi connectivity index (χ2v) is 4.87. The molecule has 1 atom stereocenters. The third-order valence-corrected chi connectivity index (χ3v) is 2.55. The Morgan fingerprint density at radius 3 is 2.39 bits per heavy atom. The molecule has 0 bridgehead atoms. The number of carbonyl (C=O) groups is 2. The molecular formula is C13H23NO4. The van der Waals surface area contributed by atoms with Crippen molar-refractivity contribution in [3.05, 3.63) is 12.2 Å². The SMILES string of the molecule is CCOC(=O)[C@@H](O)C(C)(C)/C=C/CC(=O)N(C)C. The van der Waals surface area contributed by atoms with E-state index in [-0.39, 0.29) is 18.9 Å². The van der Waals surface area contributed by atoms with Crippen LogP contribution >= 0.6 is 0 Å². The van der Waals surface area contributed by atoms with Gasteiger partial charge in [0.1, 0.15) is 0 Å². The smallest absolute Gasteiger partial charge is 0.335 e.